The number of hydrogen-bond donors (Lipinski definition) is 3. The Morgan fingerprint density at radius 2 is 0.943 bits per heavy atom. The molecule has 0 atom stereocenters. The summed E-state index contributed by atoms with van der Waals surface area (Å²) in [6, 6.07) is 61.3. The number of carboxylic acids is 1. The number of nitrogens with one attached hydrogen (secondary N) is 2. The summed E-state index contributed by atoms with van der Waals surface area (Å²) in [6.45, 7) is 0.478. The molecule has 0 amide bonds. The normalized spacial score (nSPS) is 11.9. The van der Waals surface area contributed by atoms with Crippen molar-refractivity contribution in [2.75, 3.05) is 18.5 Å². The van der Waals surface area contributed by atoms with Gasteiger partial charge in [-0.3, -0.25) is 5.32 Å². The molecule has 0 saturated carbocycles. The van der Waals surface area contributed by atoms with Gasteiger partial charge in [0, 0.05) is 11.9 Å². The second-order valence-corrected chi connectivity index (χ2v) is 13.2. The van der Waals surface area contributed by atoms with Crippen LogP contribution in [0.3, 0.4) is 0 Å². The zero-order chi connectivity index (χ0) is 36.4. The van der Waals surface area contributed by atoms with Crippen LogP contribution in [0.4, 0.5) is 5.13 Å². The van der Waals surface area contributed by atoms with Gasteiger partial charge in [0.05, 0.1) is 5.54 Å². The summed E-state index contributed by atoms with van der Waals surface area (Å²) >= 11 is 1.31. The molecule has 3 N–H and O–H groups in total. The van der Waals surface area contributed by atoms with Gasteiger partial charge in [-0.05, 0) is 33.4 Å². The smallest absolute Gasteiger partial charge is 0.360 e. The first kappa shape index (κ1) is 35.1. The van der Waals surface area contributed by atoms with Crippen molar-refractivity contribution < 1.29 is 14.7 Å². The van der Waals surface area contributed by atoms with Crippen molar-refractivity contribution in [2.24, 2.45) is 5.16 Å². The van der Waals surface area contributed by atoms with Gasteiger partial charge in [0.1, 0.15) is 17.8 Å². The number of benzene rings is 6. The highest BCUT2D eigenvalue weighted by Gasteiger charge is 2.38. The number of aromatic nitrogens is 1. The second kappa shape index (κ2) is 16.3. The molecule has 0 bridgehead atoms. The van der Waals surface area contributed by atoms with Crippen molar-refractivity contribution in [2.45, 2.75) is 11.1 Å². The molecule has 0 saturated heterocycles. The molecular weight excluding hydrogens is 677 g/mol. The Kier molecular flexibility index (Phi) is 10.8. The molecule has 0 radical (unpaired) electrons. The molecule has 53 heavy (non-hydrogen) atoms. The van der Waals surface area contributed by atoms with Gasteiger partial charge in [-0.1, -0.05) is 187 Å². The van der Waals surface area contributed by atoms with Gasteiger partial charge in [-0.2, -0.15) is 0 Å². The number of hydrogen-bond acceptors (Lipinski definition) is 7. The Morgan fingerprint density at radius 3 is 1.30 bits per heavy atom. The van der Waals surface area contributed by atoms with Gasteiger partial charge < -0.3 is 15.3 Å². The predicted molar refractivity (Wildman–Crippen MR) is 212 cm³/mol. The van der Waals surface area contributed by atoms with E-state index in [1.54, 1.807) is 5.38 Å². The van der Waals surface area contributed by atoms with Crippen LogP contribution in [0.25, 0.3) is 0 Å². The Balaban J connectivity index is 1.15. The van der Waals surface area contributed by atoms with E-state index in [9.17, 15) is 9.90 Å². The summed E-state index contributed by atoms with van der Waals surface area (Å²) in [7, 11) is 0. The summed E-state index contributed by atoms with van der Waals surface area (Å²) in [6.07, 6.45) is 0. The van der Waals surface area contributed by atoms with Gasteiger partial charge in [0.15, 0.2) is 5.13 Å². The number of rotatable bonds is 15. The maximum absolute atomic E-state index is 12.6. The van der Waals surface area contributed by atoms with Gasteiger partial charge in [0.25, 0.3) is 0 Å². The lowest BCUT2D eigenvalue weighted by molar-refractivity contribution is -0.129. The molecular formula is C45H38N4O3S. The van der Waals surface area contributed by atoms with E-state index in [1.165, 1.54) is 11.3 Å². The number of aliphatic carboxylic acids is 1. The first-order valence-electron chi connectivity index (χ1n) is 17.4. The summed E-state index contributed by atoms with van der Waals surface area (Å²) in [5.41, 5.74) is 4.63. The predicted octanol–water partition coefficient (Wildman–Crippen LogP) is 8.93. The van der Waals surface area contributed by atoms with Crippen LogP contribution in [0, 0.1) is 0 Å². The highest BCUT2D eigenvalue weighted by molar-refractivity contribution is 7.14. The Labute approximate surface area is 313 Å². The van der Waals surface area contributed by atoms with E-state index in [4.69, 9.17) is 9.82 Å². The molecule has 0 spiro atoms. The fourth-order valence-corrected chi connectivity index (χ4v) is 7.59. The van der Waals surface area contributed by atoms with E-state index in [-0.39, 0.29) is 18.0 Å². The lowest BCUT2D eigenvalue weighted by Crippen LogP contribution is -2.46. The summed E-state index contributed by atoms with van der Waals surface area (Å²) in [5, 5.41) is 24.0. The minimum absolute atomic E-state index is 0.111. The van der Waals surface area contributed by atoms with Crippen LogP contribution in [0.2, 0.25) is 0 Å². The molecule has 6 aromatic carbocycles. The molecule has 0 aliphatic heterocycles. The molecule has 7 rings (SSSR count). The third-order valence-corrected chi connectivity index (χ3v) is 9.98. The van der Waals surface area contributed by atoms with E-state index >= 15 is 0 Å². The fraction of sp³-hybridized carbons (Fsp3) is 0.0889. The van der Waals surface area contributed by atoms with Gasteiger partial charge in [0.2, 0.25) is 5.71 Å². The first-order chi connectivity index (χ1) is 26.1. The van der Waals surface area contributed by atoms with Crippen LogP contribution < -0.4 is 10.6 Å². The Bertz CT molecular complexity index is 2040. The average Bonchev–Trinajstić information content (AvgIpc) is 3.69. The number of oxime groups is 1. The quantitative estimate of drug-likeness (QED) is 0.0425. The third kappa shape index (κ3) is 7.37. The van der Waals surface area contributed by atoms with E-state index in [0.717, 1.165) is 33.4 Å². The molecule has 0 aliphatic carbocycles. The van der Waals surface area contributed by atoms with Crippen molar-refractivity contribution in [3.8, 4) is 0 Å². The van der Waals surface area contributed by atoms with Crippen molar-refractivity contribution in [1.29, 1.82) is 0 Å². The fourth-order valence-electron chi connectivity index (χ4n) is 6.84. The third-order valence-electron chi connectivity index (χ3n) is 9.22. The SMILES string of the molecule is O=C(O)/C(=N/OCCNC(c1ccccc1)(c1ccccc1)c1ccccc1)c1csc(NC(c2ccccc2)(c2ccccc2)c2ccccc2)n1. The summed E-state index contributed by atoms with van der Waals surface area (Å²) in [4.78, 5) is 23.0. The number of thiazole rings is 1. The van der Waals surface area contributed by atoms with Gasteiger partial charge >= 0.3 is 5.97 Å². The van der Waals surface area contributed by atoms with Crippen LogP contribution in [-0.4, -0.2) is 34.9 Å². The molecule has 8 heteroatoms. The molecule has 0 unspecified atom stereocenters. The topological polar surface area (TPSA) is 95.8 Å². The van der Waals surface area contributed by atoms with Crippen molar-refractivity contribution in [1.82, 2.24) is 10.3 Å². The standard InChI is InChI=1S/C45H38N4O3S/c50-42(51)41(49-52-32-31-46-44(34-19-7-1-8-20-34,35-21-9-2-10-22-35)36-23-11-3-12-24-36)40-33-53-43(47-40)48-45(37-25-13-4-14-26-37,38-27-15-5-16-28-38)39-29-17-6-18-30-39/h1-30,33,46H,31-32H2,(H,47,48)(H,50,51)/b49-41+. The van der Waals surface area contributed by atoms with Crippen LogP contribution in [0.1, 0.15) is 39.1 Å². The number of anilines is 1. The molecule has 7 aromatic rings. The lowest BCUT2D eigenvalue weighted by Gasteiger charge is -2.37. The van der Waals surface area contributed by atoms with E-state index in [1.807, 2.05) is 109 Å². The Hall–Kier alpha value is -6.35. The van der Waals surface area contributed by atoms with Crippen molar-refractivity contribution in [3.05, 3.63) is 226 Å². The van der Waals surface area contributed by atoms with Crippen LogP contribution in [0.5, 0.6) is 0 Å². The number of carbonyl (C=O) groups is 1. The van der Waals surface area contributed by atoms with E-state index in [2.05, 4.69) is 88.6 Å². The van der Waals surface area contributed by atoms with Crippen LogP contribution >= 0.6 is 11.3 Å². The first-order valence-corrected chi connectivity index (χ1v) is 18.2. The lowest BCUT2D eigenvalue weighted by atomic mass is 9.77. The summed E-state index contributed by atoms with van der Waals surface area (Å²) in [5.74, 6) is -1.23. The van der Waals surface area contributed by atoms with Crippen molar-refractivity contribution in [3.63, 3.8) is 0 Å². The molecule has 0 aliphatic rings. The number of carboxylic acid groups (broad SMARTS) is 1. The minimum atomic E-state index is -1.23. The van der Waals surface area contributed by atoms with E-state index in [0.29, 0.717) is 11.7 Å². The van der Waals surface area contributed by atoms with Gasteiger partial charge in [-0.15, -0.1) is 11.3 Å². The maximum atomic E-state index is 12.6. The van der Waals surface area contributed by atoms with Crippen LogP contribution in [-0.2, 0) is 20.7 Å². The summed E-state index contributed by atoms with van der Waals surface area (Å²) < 4.78 is 0. The molecule has 0 fully saturated rings. The molecule has 262 valence electrons. The average molecular weight is 715 g/mol. The maximum Gasteiger partial charge on any atom is 0.360 e. The largest absolute Gasteiger partial charge is 0.476 e. The minimum Gasteiger partial charge on any atom is -0.476 e. The van der Waals surface area contributed by atoms with E-state index < -0.39 is 17.0 Å². The zero-order valence-corrected chi connectivity index (χ0v) is 29.7. The highest BCUT2D eigenvalue weighted by atomic mass is 32.1. The zero-order valence-electron chi connectivity index (χ0n) is 28.9. The highest BCUT2D eigenvalue weighted by Crippen LogP contribution is 2.41. The van der Waals surface area contributed by atoms with Crippen molar-refractivity contribution >= 4 is 28.1 Å². The molecule has 1 heterocycles. The monoisotopic (exact) mass is 714 g/mol. The second-order valence-electron chi connectivity index (χ2n) is 12.4. The molecule has 1 aromatic heterocycles. The van der Waals surface area contributed by atoms with Gasteiger partial charge in [-0.25, -0.2) is 9.78 Å². The number of nitrogens with zero attached hydrogens (tertiary/aromatic N) is 2. The van der Waals surface area contributed by atoms with Crippen LogP contribution in [0.15, 0.2) is 193 Å². The molecule has 7 nitrogen and oxygen atoms in total. The Morgan fingerprint density at radius 1 is 0.585 bits per heavy atom.